The summed E-state index contributed by atoms with van der Waals surface area (Å²) < 4.78 is 1.06. The standard InChI is InChI=1S/C32H29N3.C23H18N2O.C16H13BrN2.C7H7BO3/c1-23-19-32(30-15-6-7-16-31(30)33-23)34-28-13-8-12-25(20-28)29-14-5-4-11-27(29)22-35-18-17-24-9-2-3-10-26(24)21-35;1-16-13-23(21-11-4-5-12-22(21)24-16)25-19-9-6-8-17(14-19)20-10-3-2-7-18(20)15-26;1-11-9-16(14-7-2-3-8-15(14)18-11)19-13-6-4-5-12(17)10-13;9-5-6-3-1-2-4-7(6)8(10)11/h2-16,19-20H,17-18,21-22H2,1H3,(H,33,34);2-15H,1H3,(H,24,25);2-10H,1H3,(H,18,19);1-5,10-11H. The Hall–Kier alpha value is -10.4. The van der Waals surface area contributed by atoms with E-state index in [1.165, 1.54) is 39.9 Å². The molecule has 1 aliphatic rings. The van der Waals surface area contributed by atoms with E-state index >= 15 is 0 Å². The number of hydrogen-bond acceptors (Lipinski definition) is 11. The first-order chi connectivity index (χ1) is 44.4. The number of pyridine rings is 3. The zero-order valence-electron chi connectivity index (χ0n) is 50.8. The van der Waals surface area contributed by atoms with Gasteiger partial charge in [-0.2, -0.15) is 0 Å². The molecule has 0 saturated heterocycles. The molecule has 10 aromatic carbocycles. The van der Waals surface area contributed by atoms with Crippen LogP contribution in [0.3, 0.4) is 0 Å². The van der Waals surface area contributed by atoms with E-state index in [9.17, 15) is 9.59 Å². The van der Waals surface area contributed by atoms with Gasteiger partial charge in [-0.05, 0) is 150 Å². The lowest BCUT2D eigenvalue weighted by Crippen LogP contribution is -2.32. The highest BCUT2D eigenvalue weighted by Gasteiger charge is 2.19. The number of halogens is 1. The third-order valence-corrected chi connectivity index (χ3v) is 16.1. The number of carbonyl (C=O) groups is 2. The molecule has 4 heterocycles. The second-order valence-electron chi connectivity index (χ2n) is 22.2. The predicted octanol–water partition coefficient (Wildman–Crippen LogP) is 17.5. The molecule has 0 amide bonds. The first-order valence-electron chi connectivity index (χ1n) is 30.1. The van der Waals surface area contributed by atoms with Crippen molar-refractivity contribution in [3.8, 4) is 22.3 Å². The van der Waals surface area contributed by atoms with E-state index in [0.717, 1.165) is 132 Å². The number of fused-ring (bicyclic) bond motifs is 4. The number of nitrogens with one attached hydrogen (secondary N) is 3. The molecule has 0 fully saturated rings. The largest absolute Gasteiger partial charge is 0.489 e. The molecule has 0 bridgehead atoms. The van der Waals surface area contributed by atoms with E-state index in [2.05, 4.69) is 185 Å². The van der Waals surface area contributed by atoms with E-state index in [-0.39, 0.29) is 5.46 Å². The van der Waals surface area contributed by atoms with Crippen molar-refractivity contribution in [2.75, 3.05) is 22.5 Å². The van der Waals surface area contributed by atoms with Crippen LogP contribution in [-0.4, -0.2) is 56.1 Å². The number of para-hydroxylation sites is 3. The molecule has 13 aromatic rings. The highest BCUT2D eigenvalue weighted by molar-refractivity contribution is 9.10. The van der Waals surface area contributed by atoms with Crippen LogP contribution in [0.2, 0.25) is 0 Å². The number of hydrogen-bond donors (Lipinski definition) is 5. The number of carbonyl (C=O) groups excluding carboxylic acids is 2. The second kappa shape index (κ2) is 29.7. The van der Waals surface area contributed by atoms with Crippen molar-refractivity contribution in [1.82, 2.24) is 19.9 Å². The summed E-state index contributed by atoms with van der Waals surface area (Å²) >= 11 is 3.49. The Morgan fingerprint density at radius 3 is 1.40 bits per heavy atom. The van der Waals surface area contributed by atoms with E-state index in [1.807, 2.05) is 124 Å². The smallest absolute Gasteiger partial charge is 0.423 e. The van der Waals surface area contributed by atoms with Gasteiger partial charge in [-0.1, -0.05) is 198 Å². The Kier molecular flexibility index (Phi) is 20.3. The van der Waals surface area contributed by atoms with Gasteiger partial charge in [0.25, 0.3) is 0 Å². The summed E-state index contributed by atoms with van der Waals surface area (Å²) in [6.45, 7) is 9.12. The summed E-state index contributed by atoms with van der Waals surface area (Å²) in [7, 11) is -1.57. The number of rotatable bonds is 13. The van der Waals surface area contributed by atoms with Crippen LogP contribution in [0, 0.1) is 20.8 Å². The summed E-state index contributed by atoms with van der Waals surface area (Å²) in [6.07, 6.45) is 2.61. The molecular formula is C78H67BBrN7O4. The molecule has 11 nitrogen and oxygen atoms in total. The van der Waals surface area contributed by atoms with Crippen LogP contribution in [0.15, 0.2) is 265 Å². The summed E-state index contributed by atoms with van der Waals surface area (Å²) in [6, 6.07) is 87.4. The molecule has 0 unspecified atom stereocenters. The number of anilines is 6. The molecule has 0 aliphatic carbocycles. The Morgan fingerprint density at radius 1 is 0.451 bits per heavy atom. The van der Waals surface area contributed by atoms with E-state index in [0.29, 0.717) is 17.4 Å². The van der Waals surface area contributed by atoms with Crippen molar-refractivity contribution in [1.29, 1.82) is 0 Å². The van der Waals surface area contributed by atoms with Crippen LogP contribution < -0.4 is 21.4 Å². The summed E-state index contributed by atoms with van der Waals surface area (Å²) in [5.74, 6) is 0. The van der Waals surface area contributed by atoms with Gasteiger partial charge in [0.15, 0.2) is 6.29 Å². The quantitative estimate of drug-likeness (QED) is 0.0554. The van der Waals surface area contributed by atoms with Gasteiger partial charge in [0.2, 0.25) is 0 Å². The maximum atomic E-state index is 11.3. The first kappa shape index (κ1) is 62.2. The van der Waals surface area contributed by atoms with Gasteiger partial charge in [-0.25, -0.2) is 0 Å². The molecule has 0 atom stereocenters. The van der Waals surface area contributed by atoms with E-state index < -0.39 is 7.12 Å². The summed E-state index contributed by atoms with van der Waals surface area (Å²) in [5, 5.41) is 31.4. The van der Waals surface area contributed by atoms with Gasteiger partial charge in [-0.3, -0.25) is 29.4 Å². The number of benzene rings is 10. The fraction of sp³-hybridized carbons (Fsp3) is 0.0897. The van der Waals surface area contributed by atoms with Crippen molar-refractivity contribution in [2.45, 2.75) is 40.3 Å². The Morgan fingerprint density at radius 2 is 0.879 bits per heavy atom. The van der Waals surface area contributed by atoms with Gasteiger partial charge in [0.05, 0.1) is 16.6 Å². The minimum atomic E-state index is -1.57. The minimum Gasteiger partial charge on any atom is -0.423 e. The lowest BCUT2D eigenvalue weighted by molar-refractivity contribution is 0.111. The Balaban J connectivity index is 0.000000134. The van der Waals surface area contributed by atoms with Crippen molar-refractivity contribution in [2.24, 2.45) is 0 Å². The van der Waals surface area contributed by atoms with Crippen molar-refractivity contribution < 1.29 is 19.6 Å². The molecule has 14 rings (SSSR count). The second-order valence-corrected chi connectivity index (χ2v) is 23.2. The van der Waals surface area contributed by atoms with Crippen molar-refractivity contribution in [3.05, 3.63) is 310 Å². The van der Waals surface area contributed by atoms with Gasteiger partial charge in [0, 0.05) is 103 Å². The Bertz CT molecular complexity index is 4710. The molecule has 1 aliphatic heterocycles. The molecule has 0 saturated carbocycles. The number of aldehydes is 2. The molecule has 3 aromatic heterocycles. The maximum Gasteiger partial charge on any atom is 0.489 e. The van der Waals surface area contributed by atoms with Crippen LogP contribution in [0.1, 0.15) is 54.5 Å². The van der Waals surface area contributed by atoms with Crippen LogP contribution in [0.4, 0.5) is 34.1 Å². The number of aromatic nitrogens is 3. The van der Waals surface area contributed by atoms with Gasteiger partial charge in [0.1, 0.15) is 6.29 Å². The van der Waals surface area contributed by atoms with E-state index in [4.69, 9.17) is 10.0 Å². The highest BCUT2D eigenvalue weighted by Crippen LogP contribution is 2.34. The lowest BCUT2D eigenvalue weighted by atomic mass is 9.77. The van der Waals surface area contributed by atoms with Crippen molar-refractivity contribution >= 4 is 108 Å². The molecule has 0 radical (unpaired) electrons. The SMILES string of the molecule is Cc1cc(Nc2cccc(-c3ccccc3C=O)c2)c2ccccc2n1.Cc1cc(Nc2cccc(-c3ccccc3CN3CCc4ccccc4C3)c2)c2ccccc2n1.Cc1cc(Nc2cccc(Br)c2)c2ccccc2n1.O=Cc1ccccc1B(O)O. The normalized spacial score (nSPS) is 11.6. The summed E-state index contributed by atoms with van der Waals surface area (Å²) in [4.78, 5) is 38.0. The highest BCUT2D eigenvalue weighted by atomic mass is 79.9. The molecule has 448 valence electrons. The van der Waals surface area contributed by atoms with E-state index in [1.54, 1.807) is 12.1 Å². The van der Waals surface area contributed by atoms with Crippen LogP contribution >= 0.6 is 15.9 Å². The molecule has 0 spiro atoms. The van der Waals surface area contributed by atoms with Gasteiger partial charge >= 0.3 is 7.12 Å². The van der Waals surface area contributed by atoms with Crippen LogP contribution in [0.25, 0.3) is 55.0 Å². The monoisotopic (exact) mass is 1260 g/mol. The average Bonchev–Trinajstić information content (AvgIpc) is 1.19. The average molecular weight is 1260 g/mol. The maximum absolute atomic E-state index is 11.3. The van der Waals surface area contributed by atoms with Crippen LogP contribution in [-0.2, 0) is 19.5 Å². The fourth-order valence-corrected chi connectivity index (χ4v) is 11.8. The molecular weight excluding hydrogens is 1190 g/mol. The third kappa shape index (κ3) is 15.9. The number of nitrogens with zero attached hydrogens (tertiary/aromatic N) is 4. The third-order valence-electron chi connectivity index (χ3n) is 15.7. The first-order valence-corrected chi connectivity index (χ1v) is 30.9. The Labute approximate surface area is 539 Å². The minimum absolute atomic E-state index is 0.238. The molecule has 91 heavy (non-hydrogen) atoms. The van der Waals surface area contributed by atoms with Gasteiger partial charge in [-0.15, -0.1) is 0 Å². The van der Waals surface area contributed by atoms with Gasteiger partial charge < -0.3 is 26.0 Å². The predicted molar refractivity (Wildman–Crippen MR) is 378 cm³/mol. The zero-order chi connectivity index (χ0) is 63.1. The fourth-order valence-electron chi connectivity index (χ4n) is 11.4. The number of aryl methyl sites for hydroxylation is 3. The summed E-state index contributed by atoms with van der Waals surface area (Å²) in [5.41, 5.74) is 22.3. The van der Waals surface area contributed by atoms with Crippen LogP contribution in [0.5, 0.6) is 0 Å². The topological polar surface area (TPSA) is 153 Å². The zero-order valence-corrected chi connectivity index (χ0v) is 52.4. The lowest BCUT2D eigenvalue weighted by Gasteiger charge is -2.29. The van der Waals surface area contributed by atoms with Crippen molar-refractivity contribution in [3.63, 3.8) is 0 Å². The molecule has 5 N–H and O–H groups in total. The molecule has 13 heteroatoms.